The number of ether oxygens (including phenoxy) is 1. The Labute approximate surface area is 108 Å². The van der Waals surface area contributed by atoms with Gasteiger partial charge in [-0.25, -0.2) is 0 Å². The number of halogens is 2. The summed E-state index contributed by atoms with van der Waals surface area (Å²) in [6.07, 6.45) is 6.23. The van der Waals surface area contributed by atoms with E-state index >= 15 is 0 Å². The van der Waals surface area contributed by atoms with Crippen molar-refractivity contribution in [3.05, 3.63) is 0 Å². The van der Waals surface area contributed by atoms with Gasteiger partial charge in [0.1, 0.15) is 4.32 Å². The predicted octanol–water partition coefficient (Wildman–Crippen LogP) is 3.80. The zero-order valence-electron chi connectivity index (χ0n) is 9.10. The van der Waals surface area contributed by atoms with Gasteiger partial charge in [-0.2, -0.15) is 0 Å². The molecule has 1 fully saturated rings. The van der Waals surface area contributed by atoms with Crippen LogP contribution in [0.2, 0.25) is 0 Å². The first kappa shape index (κ1) is 13.5. The fourth-order valence-electron chi connectivity index (χ4n) is 1.79. The highest BCUT2D eigenvalue weighted by Gasteiger charge is 2.47. The van der Waals surface area contributed by atoms with Gasteiger partial charge in [0.15, 0.2) is 0 Å². The SMILES string of the molecule is CCCCCOC(=O)C1(Br)CCCC1Br. The van der Waals surface area contributed by atoms with Gasteiger partial charge in [-0.1, -0.05) is 58.0 Å². The lowest BCUT2D eigenvalue weighted by Crippen LogP contribution is -2.38. The zero-order valence-corrected chi connectivity index (χ0v) is 12.3. The van der Waals surface area contributed by atoms with E-state index in [2.05, 4.69) is 38.8 Å². The van der Waals surface area contributed by atoms with Gasteiger partial charge >= 0.3 is 5.97 Å². The maximum atomic E-state index is 11.8. The lowest BCUT2D eigenvalue weighted by molar-refractivity contribution is -0.146. The Morgan fingerprint density at radius 3 is 2.80 bits per heavy atom. The summed E-state index contributed by atoms with van der Waals surface area (Å²) in [4.78, 5) is 12.1. The van der Waals surface area contributed by atoms with Gasteiger partial charge in [0.25, 0.3) is 0 Å². The van der Waals surface area contributed by atoms with Crippen LogP contribution in [0.15, 0.2) is 0 Å². The normalized spacial score (nSPS) is 30.5. The fraction of sp³-hybridized carbons (Fsp3) is 0.909. The second kappa shape index (κ2) is 6.24. The molecule has 0 radical (unpaired) electrons. The Morgan fingerprint density at radius 1 is 1.53 bits per heavy atom. The number of hydrogen-bond acceptors (Lipinski definition) is 2. The number of unbranched alkanes of at least 4 members (excludes halogenated alkanes) is 2. The molecular weight excluding hydrogens is 324 g/mol. The van der Waals surface area contributed by atoms with Crippen molar-refractivity contribution in [3.8, 4) is 0 Å². The molecule has 0 aromatic carbocycles. The van der Waals surface area contributed by atoms with E-state index in [9.17, 15) is 4.79 Å². The molecule has 0 saturated heterocycles. The number of hydrogen-bond donors (Lipinski definition) is 0. The van der Waals surface area contributed by atoms with Gasteiger partial charge in [0, 0.05) is 4.83 Å². The molecule has 0 aromatic rings. The predicted molar refractivity (Wildman–Crippen MR) is 68.7 cm³/mol. The molecule has 0 spiro atoms. The van der Waals surface area contributed by atoms with Crippen LogP contribution in [-0.2, 0) is 9.53 Å². The molecule has 2 unspecified atom stereocenters. The molecule has 2 atom stereocenters. The van der Waals surface area contributed by atoms with E-state index in [0.29, 0.717) is 6.61 Å². The first-order valence-electron chi connectivity index (χ1n) is 5.61. The Bertz CT molecular complexity index is 221. The van der Waals surface area contributed by atoms with Gasteiger partial charge in [-0.05, 0) is 19.3 Å². The molecule has 0 N–H and O–H groups in total. The van der Waals surface area contributed by atoms with Gasteiger partial charge in [0.2, 0.25) is 0 Å². The minimum Gasteiger partial charge on any atom is -0.465 e. The maximum Gasteiger partial charge on any atom is 0.324 e. The second-order valence-electron chi connectivity index (χ2n) is 4.07. The average Bonchev–Trinajstić information content (AvgIpc) is 2.55. The molecule has 1 aliphatic rings. The Morgan fingerprint density at radius 2 is 2.27 bits per heavy atom. The van der Waals surface area contributed by atoms with E-state index in [4.69, 9.17) is 4.74 Å². The van der Waals surface area contributed by atoms with E-state index in [-0.39, 0.29) is 10.8 Å². The van der Waals surface area contributed by atoms with Crippen LogP contribution in [-0.4, -0.2) is 21.7 Å². The van der Waals surface area contributed by atoms with Gasteiger partial charge in [-0.15, -0.1) is 0 Å². The topological polar surface area (TPSA) is 26.3 Å². The summed E-state index contributed by atoms with van der Waals surface area (Å²) >= 11 is 7.06. The molecule has 88 valence electrons. The number of carbonyl (C=O) groups is 1. The highest BCUT2D eigenvalue weighted by molar-refractivity contribution is 9.12. The number of alkyl halides is 2. The van der Waals surface area contributed by atoms with E-state index in [1.54, 1.807) is 0 Å². The molecule has 0 aromatic heterocycles. The van der Waals surface area contributed by atoms with Crippen molar-refractivity contribution >= 4 is 37.8 Å². The molecule has 2 nitrogen and oxygen atoms in total. The third-order valence-electron chi connectivity index (χ3n) is 2.82. The summed E-state index contributed by atoms with van der Waals surface area (Å²) < 4.78 is 4.81. The van der Waals surface area contributed by atoms with Crippen LogP contribution in [0.4, 0.5) is 0 Å². The zero-order chi connectivity index (χ0) is 11.3. The van der Waals surface area contributed by atoms with Crippen LogP contribution in [0.1, 0.15) is 45.4 Å². The Hall–Kier alpha value is 0.430. The number of esters is 1. The van der Waals surface area contributed by atoms with Gasteiger partial charge in [0.05, 0.1) is 6.61 Å². The van der Waals surface area contributed by atoms with E-state index in [0.717, 1.165) is 38.5 Å². The van der Waals surface area contributed by atoms with E-state index in [1.807, 2.05) is 0 Å². The van der Waals surface area contributed by atoms with Crippen molar-refractivity contribution in [2.24, 2.45) is 0 Å². The minimum absolute atomic E-state index is 0.0991. The first-order chi connectivity index (χ1) is 7.11. The quantitative estimate of drug-likeness (QED) is 0.432. The standard InChI is InChI=1S/C11H18Br2O2/c1-2-3-4-8-15-10(14)11(13)7-5-6-9(11)12/h9H,2-8H2,1H3. The Balaban J connectivity index is 2.32. The van der Waals surface area contributed by atoms with Crippen LogP contribution in [0.5, 0.6) is 0 Å². The lowest BCUT2D eigenvalue weighted by atomic mass is 10.1. The molecule has 4 heteroatoms. The van der Waals surface area contributed by atoms with Gasteiger partial charge in [-0.3, -0.25) is 4.79 Å². The van der Waals surface area contributed by atoms with Crippen LogP contribution in [0.25, 0.3) is 0 Å². The van der Waals surface area contributed by atoms with E-state index < -0.39 is 4.32 Å². The maximum absolute atomic E-state index is 11.8. The largest absolute Gasteiger partial charge is 0.465 e. The van der Waals surface area contributed by atoms with Crippen molar-refractivity contribution in [1.82, 2.24) is 0 Å². The smallest absolute Gasteiger partial charge is 0.324 e. The van der Waals surface area contributed by atoms with Crippen molar-refractivity contribution in [1.29, 1.82) is 0 Å². The van der Waals surface area contributed by atoms with Crippen LogP contribution in [0.3, 0.4) is 0 Å². The second-order valence-corrected chi connectivity index (χ2v) is 6.59. The molecule has 1 aliphatic carbocycles. The lowest BCUT2D eigenvalue weighted by Gasteiger charge is -2.23. The summed E-state index contributed by atoms with van der Waals surface area (Å²) in [6.45, 7) is 2.69. The molecule has 0 bridgehead atoms. The van der Waals surface area contributed by atoms with Crippen LogP contribution < -0.4 is 0 Å². The van der Waals surface area contributed by atoms with Crippen molar-refractivity contribution < 1.29 is 9.53 Å². The molecule has 0 heterocycles. The highest BCUT2D eigenvalue weighted by Crippen LogP contribution is 2.43. The first-order valence-corrected chi connectivity index (χ1v) is 7.32. The summed E-state index contributed by atoms with van der Waals surface area (Å²) in [5.41, 5.74) is 0. The van der Waals surface area contributed by atoms with E-state index in [1.165, 1.54) is 0 Å². The average molecular weight is 342 g/mol. The molecule has 0 aliphatic heterocycles. The number of carbonyl (C=O) groups excluding carboxylic acids is 1. The summed E-state index contributed by atoms with van der Waals surface area (Å²) in [5.74, 6) is -0.0991. The minimum atomic E-state index is -0.473. The molecule has 1 saturated carbocycles. The fourth-order valence-corrected chi connectivity index (χ4v) is 3.15. The Kier molecular flexibility index (Phi) is 5.61. The third-order valence-corrected chi connectivity index (χ3v) is 5.94. The molecule has 0 amide bonds. The molecule has 1 rings (SSSR count). The van der Waals surface area contributed by atoms with Crippen molar-refractivity contribution in [2.45, 2.75) is 54.6 Å². The van der Waals surface area contributed by atoms with Crippen molar-refractivity contribution in [2.75, 3.05) is 6.61 Å². The summed E-state index contributed by atoms with van der Waals surface area (Å²) in [5, 5.41) is 0. The summed E-state index contributed by atoms with van der Waals surface area (Å²) in [6, 6.07) is 0. The van der Waals surface area contributed by atoms with Crippen molar-refractivity contribution in [3.63, 3.8) is 0 Å². The summed E-state index contributed by atoms with van der Waals surface area (Å²) in [7, 11) is 0. The molecular formula is C11H18Br2O2. The molecule has 15 heavy (non-hydrogen) atoms. The van der Waals surface area contributed by atoms with Crippen LogP contribution in [0, 0.1) is 0 Å². The van der Waals surface area contributed by atoms with Crippen LogP contribution >= 0.6 is 31.9 Å². The highest BCUT2D eigenvalue weighted by atomic mass is 79.9. The third kappa shape index (κ3) is 3.45. The number of rotatable bonds is 5. The monoisotopic (exact) mass is 340 g/mol. The van der Waals surface area contributed by atoms with Gasteiger partial charge < -0.3 is 4.74 Å².